The Kier molecular flexibility index (Phi) is 2780. The molecular formula is BiFeMnO4. The summed E-state index contributed by atoms with van der Waals surface area (Å²) in [5.41, 5.74) is 0. The van der Waals surface area contributed by atoms with Gasteiger partial charge in [0.25, 0.3) is 0 Å². The van der Waals surface area contributed by atoms with E-state index in [1.807, 2.05) is 0 Å². The molecule has 0 unspecified atom stereocenters. The molecule has 0 saturated heterocycles. The van der Waals surface area contributed by atoms with E-state index in [9.17, 15) is 0 Å². The summed E-state index contributed by atoms with van der Waals surface area (Å²) >= 11 is 0. The predicted molar refractivity (Wildman–Crippen MR) is 8.50 cm³/mol. The molecule has 0 aromatic rings. The van der Waals surface area contributed by atoms with Crippen LogP contribution < -0.4 is 0 Å². The predicted octanol–water partition coefficient (Wildman–Crippen LogP) is -0.861. The van der Waals surface area contributed by atoms with Gasteiger partial charge in [0.05, 0.1) is 0 Å². The van der Waals surface area contributed by atoms with Crippen LogP contribution in [0.25, 0.3) is 0 Å². The fraction of sp³-hybridized carbons (Fsp3) is 0. The summed E-state index contributed by atoms with van der Waals surface area (Å²) in [4.78, 5) is 0. The Morgan fingerprint density at radius 1 is 0.571 bits per heavy atom. The van der Waals surface area contributed by atoms with Crippen LogP contribution in [0.3, 0.4) is 0 Å². The molecule has 0 fully saturated rings. The zero-order chi connectivity index (χ0) is 0. The van der Waals surface area contributed by atoms with Gasteiger partial charge in [-0.05, 0) is 0 Å². The third-order valence-electron chi connectivity index (χ3n) is 0. The average molecular weight is 384 g/mol. The minimum atomic E-state index is 0. The van der Waals surface area contributed by atoms with E-state index in [2.05, 4.69) is 0 Å². The van der Waals surface area contributed by atoms with Crippen molar-refractivity contribution in [1.29, 1.82) is 0 Å². The van der Waals surface area contributed by atoms with Gasteiger partial charge >= 0.3 is 60.3 Å². The normalized spacial score (nSPS) is 0. The first kappa shape index (κ1) is 170. The van der Waals surface area contributed by atoms with Crippen LogP contribution in [0, 0.1) is 0 Å². The molecular weight excluding hydrogens is 384 g/mol. The third kappa shape index (κ3) is 83.0. The maximum absolute atomic E-state index is 0. The van der Waals surface area contributed by atoms with E-state index in [4.69, 9.17) is 0 Å². The molecule has 0 heterocycles. The Balaban J connectivity index is 0. The number of hydrogen-bond donors (Lipinski definition) is 0. The maximum Gasteiger partial charge on any atom is 3.00 e. The van der Waals surface area contributed by atoms with Gasteiger partial charge in [0.2, 0.25) is 0 Å². The quantitative estimate of drug-likeness (QED) is 0.484. The summed E-state index contributed by atoms with van der Waals surface area (Å²) in [6, 6.07) is 0. The summed E-state index contributed by atoms with van der Waals surface area (Å²) in [5.74, 6) is 0. The fourth-order valence-corrected chi connectivity index (χ4v) is 0. The molecule has 0 spiro atoms. The minimum absolute atomic E-state index is 0. The minimum Gasteiger partial charge on any atom is -2.00 e. The van der Waals surface area contributed by atoms with Gasteiger partial charge in [-0.25, -0.2) is 0 Å². The molecule has 0 amide bonds. The molecule has 0 saturated carbocycles. The topological polar surface area (TPSA) is 114 Å². The van der Waals surface area contributed by atoms with Gasteiger partial charge in [-0.1, -0.05) is 0 Å². The second kappa shape index (κ2) is 114. The molecule has 7 heteroatoms. The third-order valence-corrected chi connectivity index (χ3v) is 0. The van der Waals surface area contributed by atoms with Crippen molar-refractivity contribution in [3.63, 3.8) is 0 Å². The van der Waals surface area contributed by atoms with Gasteiger partial charge in [-0.3, -0.25) is 0 Å². The smallest absolute Gasteiger partial charge is 2.00 e. The van der Waals surface area contributed by atoms with Crippen LogP contribution in [0.2, 0.25) is 0 Å². The first-order valence-electron chi connectivity index (χ1n) is 0. The van der Waals surface area contributed by atoms with Crippen LogP contribution in [0.5, 0.6) is 0 Å². The molecule has 0 bridgehead atoms. The molecule has 0 atom stereocenters. The Bertz CT molecular complexity index is 11.7. The Labute approximate surface area is 81.7 Å². The van der Waals surface area contributed by atoms with E-state index in [0.29, 0.717) is 0 Å². The molecule has 0 N–H and O–H groups in total. The molecule has 0 aliphatic heterocycles. The molecule has 0 aromatic carbocycles. The van der Waals surface area contributed by atoms with Crippen molar-refractivity contribution in [2.45, 2.75) is 0 Å². The zero-order valence-corrected chi connectivity index (χ0v) is 8.57. The maximum atomic E-state index is 0. The first-order valence-corrected chi connectivity index (χ1v) is 0. The van der Waals surface area contributed by atoms with Crippen molar-refractivity contribution >= 4 is 26.2 Å². The summed E-state index contributed by atoms with van der Waals surface area (Å²) in [5, 5.41) is 0. The van der Waals surface area contributed by atoms with E-state index < -0.39 is 0 Å². The van der Waals surface area contributed by atoms with Gasteiger partial charge < -0.3 is 21.9 Å². The van der Waals surface area contributed by atoms with Crippen LogP contribution in [-0.2, 0) is 56.0 Å². The first-order chi connectivity index (χ1) is 0. The fourth-order valence-electron chi connectivity index (χ4n) is 0. The van der Waals surface area contributed by atoms with Crippen LogP contribution in [0.4, 0.5) is 0 Å². The molecule has 44 valence electrons. The molecule has 7 heavy (non-hydrogen) atoms. The van der Waals surface area contributed by atoms with Gasteiger partial charge in [0.15, 0.2) is 0 Å². The van der Waals surface area contributed by atoms with Crippen LogP contribution in [0.15, 0.2) is 0 Å². The van der Waals surface area contributed by atoms with Crippen molar-refractivity contribution < 1.29 is 56.0 Å². The van der Waals surface area contributed by atoms with Gasteiger partial charge in [0.1, 0.15) is 0 Å². The van der Waals surface area contributed by atoms with Gasteiger partial charge in [-0.15, -0.1) is 0 Å². The summed E-state index contributed by atoms with van der Waals surface area (Å²) in [6.07, 6.45) is 0. The molecule has 0 rings (SSSR count). The van der Waals surface area contributed by atoms with Gasteiger partial charge in [-0.2, -0.15) is 0 Å². The zero-order valence-electron chi connectivity index (χ0n) is 2.81. The van der Waals surface area contributed by atoms with Crippen molar-refractivity contribution in [3.05, 3.63) is 0 Å². The second-order valence-corrected chi connectivity index (χ2v) is 0. The molecule has 0 aromatic heterocycles. The summed E-state index contributed by atoms with van der Waals surface area (Å²) in [7, 11) is 0. The van der Waals surface area contributed by atoms with Crippen molar-refractivity contribution in [2.75, 3.05) is 0 Å². The van der Waals surface area contributed by atoms with Crippen LogP contribution >= 0.6 is 0 Å². The van der Waals surface area contributed by atoms with Crippen molar-refractivity contribution in [1.82, 2.24) is 0 Å². The Morgan fingerprint density at radius 2 is 0.571 bits per heavy atom. The Hall–Kier alpha value is 1.76. The number of rotatable bonds is 0. The van der Waals surface area contributed by atoms with E-state index in [1.165, 1.54) is 0 Å². The Morgan fingerprint density at radius 3 is 0.571 bits per heavy atom. The van der Waals surface area contributed by atoms with E-state index >= 15 is 0 Å². The number of hydrogen-bond acceptors (Lipinski definition) is 0. The van der Waals surface area contributed by atoms with E-state index in [1.54, 1.807) is 0 Å². The monoisotopic (exact) mass is 384 g/mol. The van der Waals surface area contributed by atoms with Crippen LogP contribution in [-0.4, -0.2) is 26.2 Å². The second-order valence-electron chi connectivity index (χ2n) is 0. The standard InChI is InChI=1S/Bi.Fe.Mn.4O/q2*+3;+2;4*-2. The molecule has 0 aliphatic rings. The summed E-state index contributed by atoms with van der Waals surface area (Å²) < 4.78 is 0. The van der Waals surface area contributed by atoms with E-state index in [0.717, 1.165) is 0 Å². The SMILES string of the molecule is [Bi+3].[Fe+3].[Mn+2].[O-2].[O-2].[O-2].[O-2]. The average Bonchev–Trinajstić information content (AvgIpc) is 0. The van der Waals surface area contributed by atoms with Crippen molar-refractivity contribution in [3.8, 4) is 0 Å². The molecule has 4 nitrogen and oxygen atoms in total. The largest absolute Gasteiger partial charge is 3.00 e. The van der Waals surface area contributed by atoms with Crippen LogP contribution in [0.1, 0.15) is 0 Å². The summed E-state index contributed by atoms with van der Waals surface area (Å²) in [6.45, 7) is 0. The van der Waals surface area contributed by atoms with Gasteiger partial charge in [0, 0.05) is 0 Å². The molecule has 4 radical (unpaired) electrons. The van der Waals surface area contributed by atoms with Crippen molar-refractivity contribution in [2.24, 2.45) is 0 Å². The molecule has 0 aliphatic carbocycles. The van der Waals surface area contributed by atoms with E-state index in [-0.39, 0.29) is 82.2 Å².